The van der Waals surface area contributed by atoms with E-state index < -0.39 is 24.3 Å². The van der Waals surface area contributed by atoms with Gasteiger partial charge < -0.3 is 14.2 Å². The summed E-state index contributed by atoms with van der Waals surface area (Å²) in [4.78, 5) is 36.5. The van der Waals surface area contributed by atoms with E-state index in [0.717, 1.165) is 0 Å². The SMILES string of the molecule is COc1cccc(C(=O)Oc2ccc(C(=O)COC(=O)c3ccccc3Cl)cc2)c1. The van der Waals surface area contributed by atoms with E-state index in [0.29, 0.717) is 16.9 Å². The molecule has 6 nitrogen and oxygen atoms in total. The van der Waals surface area contributed by atoms with Crippen molar-refractivity contribution < 1.29 is 28.6 Å². The number of halogens is 1. The summed E-state index contributed by atoms with van der Waals surface area (Å²) in [6, 6.07) is 18.9. The fourth-order valence-corrected chi connectivity index (χ4v) is 2.76. The van der Waals surface area contributed by atoms with Crippen LogP contribution in [0.5, 0.6) is 11.5 Å². The highest BCUT2D eigenvalue weighted by Crippen LogP contribution is 2.18. The minimum atomic E-state index is -0.683. The van der Waals surface area contributed by atoms with Crippen LogP contribution in [0.1, 0.15) is 31.1 Å². The molecule has 0 aliphatic rings. The van der Waals surface area contributed by atoms with E-state index in [1.807, 2.05) is 0 Å². The smallest absolute Gasteiger partial charge is 0.343 e. The molecule has 0 saturated carbocycles. The molecule has 0 amide bonds. The van der Waals surface area contributed by atoms with Gasteiger partial charge in [0.1, 0.15) is 11.5 Å². The molecular weight excluding hydrogens is 408 g/mol. The number of carbonyl (C=O) groups excluding carboxylic acids is 3. The second-order valence-corrected chi connectivity index (χ2v) is 6.53. The van der Waals surface area contributed by atoms with Gasteiger partial charge in [0.05, 0.1) is 23.3 Å². The molecule has 0 N–H and O–H groups in total. The summed E-state index contributed by atoms with van der Waals surface area (Å²) in [6.45, 7) is -0.437. The van der Waals surface area contributed by atoms with Crippen LogP contribution in [-0.4, -0.2) is 31.4 Å². The maximum Gasteiger partial charge on any atom is 0.343 e. The molecule has 3 aromatic carbocycles. The summed E-state index contributed by atoms with van der Waals surface area (Å²) < 4.78 is 15.4. The molecule has 3 aromatic rings. The Hall–Kier alpha value is -3.64. The van der Waals surface area contributed by atoms with Gasteiger partial charge in [0.25, 0.3) is 0 Å². The van der Waals surface area contributed by atoms with E-state index >= 15 is 0 Å². The van der Waals surface area contributed by atoms with Gasteiger partial charge in [-0.2, -0.15) is 0 Å². The molecule has 3 rings (SSSR count). The third-order valence-electron chi connectivity index (χ3n) is 4.12. The highest BCUT2D eigenvalue weighted by Gasteiger charge is 2.15. The fourth-order valence-electron chi connectivity index (χ4n) is 2.54. The van der Waals surface area contributed by atoms with Crippen molar-refractivity contribution in [2.24, 2.45) is 0 Å². The van der Waals surface area contributed by atoms with E-state index in [1.165, 1.54) is 37.4 Å². The van der Waals surface area contributed by atoms with Gasteiger partial charge >= 0.3 is 11.9 Å². The first-order chi connectivity index (χ1) is 14.5. The lowest BCUT2D eigenvalue weighted by atomic mass is 10.1. The topological polar surface area (TPSA) is 78.9 Å². The van der Waals surface area contributed by atoms with Crippen LogP contribution in [0.4, 0.5) is 0 Å². The summed E-state index contributed by atoms with van der Waals surface area (Å²) in [5.41, 5.74) is 0.830. The molecule has 0 fully saturated rings. The average molecular weight is 425 g/mol. The molecule has 0 aromatic heterocycles. The Morgan fingerprint density at radius 1 is 0.800 bits per heavy atom. The summed E-state index contributed by atoms with van der Waals surface area (Å²) in [5.74, 6) is -0.829. The zero-order valence-electron chi connectivity index (χ0n) is 16.0. The highest BCUT2D eigenvalue weighted by molar-refractivity contribution is 6.33. The Kier molecular flexibility index (Phi) is 6.83. The van der Waals surface area contributed by atoms with Gasteiger partial charge in [0.15, 0.2) is 12.4 Å². The van der Waals surface area contributed by atoms with Crippen molar-refractivity contribution >= 4 is 29.3 Å². The first kappa shape index (κ1) is 21.1. The van der Waals surface area contributed by atoms with Crippen molar-refractivity contribution in [1.82, 2.24) is 0 Å². The third-order valence-corrected chi connectivity index (χ3v) is 4.45. The van der Waals surface area contributed by atoms with Crippen molar-refractivity contribution in [3.63, 3.8) is 0 Å². The second-order valence-electron chi connectivity index (χ2n) is 6.13. The van der Waals surface area contributed by atoms with Gasteiger partial charge in [-0.25, -0.2) is 9.59 Å². The number of benzene rings is 3. The van der Waals surface area contributed by atoms with Crippen LogP contribution in [0.25, 0.3) is 0 Å². The van der Waals surface area contributed by atoms with Crippen LogP contribution in [-0.2, 0) is 4.74 Å². The summed E-state index contributed by atoms with van der Waals surface area (Å²) in [5, 5.41) is 0.247. The quantitative estimate of drug-likeness (QED) is 0.313. The van der Waals surface area contributed by atoms with Crippen LogP contribution in [0, 0.1) is 0 Å². The fraction of sp³-hybridized carbons (Fsp3) is 0.0870. The molecule has 0 bridgehead atoms. The van der Waals surface area contributed by atoms with Crippen LogP contribution >= 0.6 is 11.6 Å². The lowest BCUT2D eigenvalue weighted by molar-refractivity contribution is 0.0474. The average Bonchev–Trinajstić information content (AvgIpc) is 2.78. The molecule has 0 saturated heterocycles. The van der Waals surface area contributed by atoms with Gasteiger partial charge in [-0.3, -0.25) is 4.79 Å². The Labute approximate surface area is 177 Å². The first-order valence-electron chi connectivity index (χ1n) is 8.89. The van der Waals surface area contributed by atoms with E-state index in [9.17, 15) is 14.4 Å². The Balaban J connectivity index is 1.58. The number of carbonyl (C=O) groups is 3. The summed E-state index contributed by atoms with van der Waals surface area (Å²) in [6.07, 6.45) is 0. The maximum atomic E-state index is 12.3. The van der Waals surface area contributed by atoms with Crippen LogP contribution in [0.3, 0.4) is 0 Å². The normalized spacial score (nSPS) is 10.2. The predicted molar refractivity (Wildman–Crippen MR) is 110 cm³/mol. The Morgan fingerprint density at radius 2 is 1.53 bits per heavy atom. The van der Waals surface area contributed by atoms with Gasteiger partial charge in [0.2, 0.25) is 0 Å². The number of esters is 2. The van der Waals surface area contributed by atoms with Gasteiger partial charge in [-0.1, -0.05) is 29.8 Å². The minimum absolute atomic E-state index is 0.187. The molecule has 152 valence electrons. The maximum absolute atomic E-state index is 12.3. The molecule has 0 radical (unpaired) electrons. The van der Waals surface area contributed by atoms with Crippen LogP contribution in [0.15, 0.2) is 72.8 Å². The number of ketones is 1. The number of hydrogen-bond donors (Lipinski definition) is 0. The second kappa shape index (κ2) is 9.71. The van der Waals surface area contributed by atoms with Crippen molar-refractivity contribution in [3.8, 4) is 11.5 Å². The molecule has 0 aliphatic heterocycles. The zero-order chi connectivity index (χ0) is 21.5. The zero-order valence-corrected chi connectivity index (χ0v) is 16.7. The molecular formula is C23H17ClO6. The van der Waals surface area contributed by atoms with Crippen LogP contribution < -0.4 is 9.47 Å². The van der Waals surface area contributed by atoms with E-state index in [2.05, 4.69) is 0 Å². The number of rotatable bonds is 7. The number of methoxy groups -OCH3 is 1. The predicted octanol–water partition coefficient (Wildman–Crippen LogP) is 4.61. The molecule has 0 atom stereocenters. The van der Waals surface area contributed by atoms with Gasteiger partial charge in [-0.15, -0.1) is 0 Å². The lowest BCUT2D eigenvalue weighted by Crippen LogP contribution is -2.14. The van der Waals surface area contributed by atoms with Crippen molar-refractivity contribution in [1.29, 1.82) is 0 Å². The molecule has 0 spiro atoms. The number of hydrogen-bond acceptors (Lipinski definition) is 6. The summed E-state index contributed by atoms with van der Waals surface area (Å²) in [7, 11) is 1.51. The molecule has 0 heterocycles. The Morgan fingerprint density at radius 3 is 2.23 bits per heavy atom. The first-order valence-corrected chi connectivity index (χ1v) is 9.27. The standard InChI is InChI=1S/C23H17ClO6/c1-28-18-6-4-5-16(13-18)22(26)30-17-11-9-15(10-12-17)21(25)14-29-23(27)19-7-2-3-8-20(19)24/h2-13H,14H2,1H3. The van der Waals surface area contributed by atoms with E-state index in [1.54, 1.807) is 42.5 Å². The van der Waals surface area contributed by atoms with E-state index in [-0.39, 0.29) is 16.3 Å². The van der Waals surface area contributed by atoms with Gasteiger partial charge in [-0.05, 0) is 54.6 Å². The highest BCUT2D eigenvalue weighted by atomic mass is 35.5. The molecule has 0 unspecified atom stereocenters. The van der Waals surface area contributed by atoms with E-state index in [4.69, 9.17) is 25.8 Å². The van der Waals surface area contributed by atoms with Crippen molar-refractivity contribution in [3.05, 3.63) is 94.5 Å². The van der Waals surface area contributed by atoms with Crippen molar-refractivity contribution in [2.45, 2.75) is 0 Å². The third kappa shape index (κ3) is 5.24. The van der Waals surface area contributed by atoms with Crippen molar-refractivity contribution in [2.75, 3.05) is 13.7 Å². The number of ether oxygens (including phenoxy) is 3. The summed E-state index contributed by atoms with van der Waals surface area (Å²) >= 11 is 5.94. The monoisotopic (exact) mass is 424 g/mol. The minimum Gasteiger partial charge on any atom is -0.497 e. The number of Topliss-reactive ketones (excluding diaryl/α,β-unsaturated/α-hetero) is 1. The largest absolute Gasteiger partial charge is 0.497 e. The molecule has 0 aliphatic carbocycles. The van der Waals surface area contributed by atoms with Crippen LogP contribution in [0.2, 0.25) is 5.02 Å². The molecule has 30 heavy (non-hydrogen) atoms. The molecule has 7 heteroatoms. The Bertz CT molecular complexity index is 1080. The lowest BCUT2D eigenvalue weighted by Gasteiger charge is -2.08. The van der Waals surface area contributed by atoms with Gasteiger partial charge in [0, 0.05) is 5.56 Å².